The Balaban J connectivity index is 2.78. The number of benzene rings is 2. The fourth-order valence-electron chi connectivity index (χ4n) is 2.56. The van der Waals surface area contributed by atoms with Gasteiger partial charge >= 0.3 is 29.6 Å². The Hall–Kier alpha value is -4.95. The summed E-state index contributed by atoms with van der Waals surface area (Å²) in [4.78, 5) is 46.4. The van der Waals surface area contributed by atoms with Crippen molar-refractivity contribution < 1.29 is 37.8 Å². The van der Waals surface area contributed by atoms with E-state index < -0.39 is 46.3 Å². The van der Waals surface area contributed by atoms with E-state index in [-0.39, 0.29) is 22.3 Å². The summed E-state index contributed by atoms with van der Waals surface area (Å²) in [6.07, 6.45) is -2.52. The van der Waals surface area contributed by atoms with Gasteiger partial charge in [-0.15, -0.1) is 0 Å². The molecule has 0 aliphatic rings. The van der Waals surface area contributed by atoms with Crippen LogP contribution in [0, 0.1) is 5.41 Å². The van der Waals surface area contributed by atoms with Crippen LogP contribution < -0.4 is 32.4 Å². The molecule has 0 aliphatic heterocycles. The number of aromatic carboxylic acids is 1. The molecule has 156 valence electrons. The molecule has 0 atom stereocenters. The molecule has 0 fully saturated rings. The van der Waals surface area contributed by atoms with Gasteiger partial charge in [0.05, 0.1) is 10.8 Å². The van der Waals surface area contributed by atoms with Gasteiger partial charge < -0.3 is 34.9 Å². The molecule has 0 unspecified atom stereocenters. The lowest BCUT2D eigenvalue weighted by Crippen LogP contribution is -2.18. The van der Waals surface area contributed by atoms with Gasteiger partial charge in [0.2, 0.25) is 0 Å². The highest BCUT2D eigenvalue weighted by atomic mass is 16.6. The van der Waals surface area contributed by atoms with E-state index in [4.69, 9.17) is 35.2 Å². The first-order valence-electron chi connectivity index (χ1n) is 7.74. The summed E-state index contributed by atoms with van der Waals surface area (Å²) in [5.74, 6) is -3.36. The highest BCUT2D eigenvalue weighted by molar-refractivity contribution is 6.17. The van der Waals surface area contributed by atoms with Gasteiger partial charge in [0.15, 0.2) is 5.58 Å². The van der Waals surface area contributed by atoms with Crippen molar-refractivity contribution in [2.75, 3.05) is 0 Å². The molecule has 0 aliphatic carbocycles. The Morgan fingerprint density at radius 2 is 1.60 bits per heavy atom. The molecule has 2 amide bonds. The van der Waals surface area contributed by atoms with Crippen molar-refractivity contribution in [2.24, 2.45) is 11.5 Å². The predicted molar refractivity (Wildman–Crippen MR) is 95.0 cm³/mol. The standard InChI is InChI=1S/C15H12N6O9/c16-12-19-21-20-15(26)29-7-3-4(11(22)23)10(30-12)9-6(28-14(18)25)2-1-5(8(7)9)27-13(17)24/h1-3,21H,(H2,16,19)(H2,17,24)(H2,18,25)(H,20,26)(H,22,23). The third kappa shape index (κ3) is 3.84. The number of aromatic nitrogens is 3. The molecule has 3 rings (SSSR count). The minimum Gasteiger partial charge on any atom is -0.478 e. The summed E-state index contributed by atoms with van der Waals surface area (Å²) in [6.45, 7) is 0. The maximum atomic E-state index is 12.0. The predicted octanol–water partition coefficient (Wildman–Crippen LogP) is 0.303. The van der Waals surface area contributed by atoms with Crippen LogP contribution >= 0.6 is 0 Å². The number of ether oxygens (including phenoxy) is 2. The number of carbonyl (C=O) groups excluding carboxylic acids is 2. The fraction of sp³-hybridized carbons (Fsp3) is 0. The van der Waals surface area contributed by atoms with E-state index in [0.29, 0.717) is 0 Å². The number of hydrogen-bond donors (Lipinski definition) is 7. The summed E-state index contributed by atoms with van der Waals surface area (Å²) in [5, 5.41) is 23.0. The van der Waals surface area contributed by atoms with Crippen molar-refractivity contribution >= 4 is 40.1 Å². The van der Waals surface area contributed by atoms with E-state index in [1.807, 2.05) is 5.10 Å². The first kappa shape index (κ1) is 19.8. The fourth-order valence-corrected chi connectivity index (χ4v) is 2.56. The second-order valence-electron chi connectivity index (χ2n) is 5.41. The summed E-state index contributed by atoms with van der Waals surface area (Å²) >= 11 is 0. The van der Waals surface area contributed by atoms with Crippen molar-refractivity contribution in [1.29, 1.82) is 5.41 Å². The molecule has 0 saturated heterocycles. The summed E-state index contributed by atoms with van der Waals surface area (Å²) in [6, 6.07) is 3.10. The number of nitrogens with one attached hydrogen (secondary N) is 4. The number of H-pyrrole nitrogens is 3. The van der Waals surface area contributed by atoms with Crippen molar-refractivity contribution in [3.05, 3.63) is 40.0 Å². The number of rotatable bonds is 3. The van der Waals surface area contributed by atoms with Crippen molar-refractivity contribution in [1.82, 2.24) is 15.4 Å². The minimum absolute atomic E-state index is 0.239. The van der Waals surface area contributed by atoms with Crippen molar-refractivity contribution in [2.45, 2.75) is 0 Å². The van der Waals surface area contributed by atoms with E-state index >= 15 is 0 Å². The largest absolute Gasteiger partial charge is 0.478 e. The normalized spacial score (nSPS) is 10.4. The van der Waals surface area contributed by atoms with Gasteiger partial charge in [-0.25, -0.2) is 40.0 Å². The number of primary amides is 2. The van der Waals surface area contributed by atoms with Gasteiger partial charge in [-0.2, -0.15) is 0 Å². The van der Waals surface area contributed by atoms with Crippen LogP contribution in [-0.2, 0) is 0 Å². The van der Waals surface area contributed by atoms with Crippen LogP contribution in [0.2, 0.25) is 0 Å². The van der Waals surface area contributed by atoms with Crippen LogP contribution in [0.15, 0.2) is 31.8 Å². The highest BCUT2D eigenvalue weighted by Crippen LogP contribution is 2.40. The van der Waals surface area contributed by atoms with Crippen molar-refractivity contribution in [3.63, 3.8) is 0 Å². The molecule has 15 nitrogen and oxygen atoms in total. The Morgan fingerprint density at radius 3 is 2.17 bits per heavy atom. The molecular formula is C15H12N6O9. The molecule has 3 aromatic rings. The zero-order valence-corrected chi connectivity index (χ0v) is 14.6. The van der Waals surface area contributed by atoms with E-state index in [1.54, 1.807) is 0 Å². The Bertz CT molecular complexity index is 1390. The molecule has 0 spiro atoms. The van der Waals surface area contributed by atoms with Crippen LogP contribution in [0.5, 0.6) is 11.5 Å². The third-order valence-electron chi connectivity index (χ3n) is 3.52. The highest BCUT2D eigenvalue weighted by Gasteiger charge is 2.23. The monoisotopic (exact) mass is 420 g/mol. The van der Waals surface area contributed by atoms with Crippen LogP contribution in [0.25, 0.3) is 21.9 Å². The summed E-state index contributed by atoms with van der Waals surface area (Å²) < 4.78 is 20.1. The summed E-state index contributed by atoms with van der Waals surface area (Å²) in [7, 11) is 0. The quantitative estimate of drug-likeness (QED) is 0.307. The molecule has 30 heavy (non-hydrogen) atoms. The molecule has 0 radical (unpaired) electrons. The van der Waals surface area contributed by atoms with Gasteiger partial charge in [-0.05, 0) is 12.1 Å². The molecular weight excluding hydrogens is 408 g/mol. The first-order valence-corrected chi connectivity index (χ1v) is 7.74. The van der Waals surface area contributed by atoms with E-state index in [2.05, 4.69) is 10.3 Å². The van der Waals surface area contributed by atoms with Crippen LogP contribution in [0.4, 0.5) is 9.59 Å². The van der Waals surface area contributed by atoms with Crippen LogP contribution in [0.1, 0.15) is 10.4 Å². The van der Waals surface area contributed by atoms with Crippen LogP contribution in [-0.4, -0.2) is 38.7 Å². The van der Waals surface area contributed by atoms with Crippen molar-refractivity contribution in [3.8, 4) is 11.5 Å². The van der Waals surface area contributed by atoms with Gasteiger partial charge in [0.25, 0.3) is 0 Å². The van der Waals surface area contributed by atoms with Crippen LogP contribution in [0.3, 0.4) is 0 Å². The molecule has 2 bridgehead atoms. The maximum Gasteiger partial charge on any atom is 0.432 e. The number of hydrogen-bond acceptors (Lipinski definition) is 9. The Morgan fingerprint density at radius 1 is 1.00 bits per heavy atom. The number of amides is 2. The lowest BCUT2D eigenvalue weighted by atomic mass is 10.0. The molecule has 15 heteroatoms. The zero-order valence-electron chi connectivity index (χ0n) is 14.6. The third-order valence-corrected chi connectivity index (χ3v) is 3.52. The smallest absolute Gasteiger partial charge is 0.432 e. The molecule has 2 aromatic carbocycles. The average molecular weight is 420 g/mol. The molecule has 1 heterocycles. The lowest BCUT2D eigenvalue weighted by Gasteiger charge is -2.12. The molecule has 0 saturated carbocycles. The molecule has 9 N–H and O–H groups in total. The van der Waals surface area contributed by atoms with E-state index in [0.717, 1.165) is 18.2 Å². The Labute approximate surface area is 162 Å². The number of fused-ring (bicyclic) bond motifs is 6. The van der Waals surface area contributed by atoms with Gasteiger partial charge in [0.1, 0.15) is 22.6 Å². The zero-order chi connectivity index (χ0) is 22.0. The van der Waals surface area contributed by atoms with Gasteiger partial charge in [-0.1, -0.05) is 0 Å². The van der Waals surface area contributed by atoms with E-state index in [9.17, 15) is 24.3 Å². The molecule has 1 aromatic heterocycles. The number of carboxylic acid groups (broad SMARTS) is 1. The van der Waals surface area contributed by atoms with Gasteiger partial charge in [0, 0.05) is 6.07 Å². The average Bonchev–Trinajstić information content (AvgIpc) is 2.67. The second kappa shape index (κ2) is 7.58. The Kier molecular flexibility index (Phi) is 5.01. The SMILES string of the molecule is N=c1[nH][nH][nH]c(=O)oc2cc(C(=O)O)c(o1)c1c(OC(N)=O)ccc(OC(N)=O)c21. The van der Waals surface area contributed by atoms with E-state index in [1.165, 1.54) is 0 Å². The summed E-state index contributed by atoms with van der Waals surface area (Å²) in [5.41, 5.74) is 7.78. The second-order valence-corrected chi connectivity index (χ2v) is 5.41. The first-order chi connectivity index (χ1) is 14.2. The maximum absolute atomic E-state index is 12.0. The number of carboxylic acids is 1. The number of nitrogens with two attached hydrogens (primary N) is 2. The van der Waals surface area contributed by atoms with Gasteiger partial charge in [-0.3, -0.25) is 0 Å². The number of carbonyl (C=O) groups is 3. The topological polar surface area (TPSA) is 257 Å². The number of aromatic amines is 3. The minimum atomic E-state index is -1.55. The lowest BCUT2D eigenvalue weighted by molar-refractivity contribution is 0.0697.